The molecule has 0 aromatic carbocycles. The Morgan fingerprint density at radius 2 is 2.07 bits per heavy atom. The lowest BCUT2D eigenvalue weighted by atomic mass is 10.0. The number of carbonyl (C=O) groups excluding carboxylic acids is 1. The maximum absolute atomic E-state index is 11.0. The molecule has 1 heterocycles. The van der Waals surface area contributed by atoms with Crippen molar-refractivity contribution in [1.29, 1.82) is 0 Å². The molecule has 0 radical (unpaired) electrons. The molecule has 1 saturated heterocycles. The van der Waals surface area contributed by atoms with E-state index in [9.17, 15) is 4.79 Å². The Morgan fingerprint density at radius 1 is 1.40 bits per heavy atom. The molecule has 0 aromatic rings. The molecule has 0 aromatic heterocycles. The van der Waals surface area contributed by atoms with E-state index in [1.807, 2.05) is 0 Å². The second-order valence-corrected chi connectivity index (χ2v) is 4.17. The van der Waals surface area contributed by atoms with Crippen LogP contribution in [0, 0.1) is 0 Å². The van der Waals surface area contributed by atoms with Gasteiger partial charge in [-0.3, -0.25) is 4.79 Å². The van der Waals surface area contributed by atoms with Crippen molar-refractivity contribution in [2.24, 2.45) is 0 Å². The van der Waals surface area contributed by atoms with Crippen molar-refractivity contribution in [2.75, 3.05) is 33.2 Å². The Balaban J connectivity index is 2.12. The number of nitrogens with one attached hydrogen (secondary N) is 2. The van der Waals surface area contributed by atoms with Gasteiger partial charge < -0.3 is 15.5 Å². The molecule has 1 aliphatic rings. The number of piperidine rings is 1. The van der Waals surface area contributed by atoms with E-state index < -0.39 is 0 Å². The second kappa shape index (κ2) is 6.80. The summed E-state index contributed by atoms with van der Waals surface area (Å²) in [6.07, 6.45) is 3.56. The average molecular weight is 213 g/mol. The van der Waals surface area contributed by atoms with Gasteiger partial charge in [0.05, 0.1) is 6.54 Å². The van der Waals surface area contributed by atoms with Gasteiger partial charge in [-0.1, -0.05) is 6.92 Å². The van der Waals surface area contributed by atoms with Crippen molar-refractivity contribution in [1.82, 2.24) is 15.5 Å². The molecule has 0 aliphatic carbocycles. The van der Waals surface area contributed by atoms with Crippen LogP contribution < -0.4 is 10.6 Å². The van der Waals surface area contributed by atoms with E-state index >= 15 is 0 Å². The first kappa shape index (κ1) is 12.5. The van der Waals surface area contributed by atoms with Gasteiger partial charge in [-0.2, -0.15) is 0 Å². The molecule has 1 fully saturated rings. The van der Waals surface area contributed by atoms with Gasteiger partial charge in [0.1, 0.15) is 0 Å². The van der Waals surface area contributed by atoms with Crippen LogP contribution in [0.4, 0.5) is 0 Å². The molecule has 2 N–H and O–H groups in total. The number of hydrogen-bond acceptors (Lipinski definition) is 3. The van der Waals surface area contributed by atoms with Crippen LogP contribution in [0.2, 0.25) is 0 Å². The number of carbonyl (C=O) groups is 1. The highest BCUT2D eigenvalue weighted by molar-refractivity contribution is 5.77. The van der Waals surface area contributed by atoms with Gasteiger partial charge in [0.25, 0.3) is 0 Å². The first-order valence-corrected chi connectivity index (χ1v) is 5.92. The minimum Gasteiger partial charge on any atom is -0.358 e. The van der Waals surface area contributed by atoms with Crippen LogP contribution in [0.15, 0.2) is 0 Å². The van der Waals surface area contributed by atoms with Gasteiger partial charge in [-0.05, 0) is 38.9 Å². The topological polar surface area (TPSA) is 44.4 Å². The quantitative estimate of drug-likeness (QED) is 0.685. The van der Waals surface area contributed by atoms with Gasteiger partial charge in [-0.15, -0.1) is 0 Å². The lowest BCUT2D eigenvalue weighted by Gasteiger charge is -2.32. The van der Waals surface area contributed by atoms with Crippen molar-refractivity contribution < 1.29 is 4.79 Å². The largest absolute Gasteiger partial charge is 0.358 e. The summed E-state index contributed by atoms with van der Waals surface area (Å²) < 4.78 is 0. The van der Waals surface area contributed by atoms with Crippen LogP contribution in [0.3, 0.4) is 0 Å². The zero-order chi connectivity index (χ0) is 11.1. The summed E-state index contributed by atoms with van der Waals surface area (Å²) in [7, 11) is 1.67. The normalized spacial score (nSPS) is 19.1. The van der Waals surface area contributed by atoms with E-state index in [0.29, 0.717) is 12.6 Å². The Morgan fingerprint density at radius 3 is 2.60 bits per heavy atom. The Labute approximate surface area is 92.4 Å². The molecule has 15 heavy (non-hydrogen) atoms. The third-order valence-corrected chi connectivity index (χ3v) is 2.96. The zero-order valence-corrected chi connectivity index (χ0v) is 9.88. The summed E-state index contributed by atoms with van der Waals surface area (Å²) in [5.74, 6) is 0.0750. The molecular weight excluding hydrogens is 190 g/mol. The fourth-order valence-electron chi connectivity index (χ4n) is 2.00. The van der Waals surface area contributed by atoms with E-state index in [1.54, 1.807) is 7.05 Å². The molecular formula is C11H23N3O. The third kappa shape index (κ3) is 4.62. The zero-order valence-electron chi connectivity index (χ0n) is 9.88. The van der Waals surface area contributed by atoms with Gasteiger partial charge in [0.2, 0.25) is 5.91 Å². The van der Waals surface area contributed by atoms with Gasteiger partial charge in [0.15, 0.2) is 0 Å². The number of nitrogens with zero attached hydrogens (tertiary/aromatic N) is 1. The van der Waals surface area contributed by atoms with E-state index in [0.717, 1.165) is 12.8 Å². The standard InChI is InChI=1S/C11H23N3O/c1-3-6-14-7-4-10(5-8-14)13-9-11(15)12-2/h10,13H,3-9H2,1-2H3,(H,12,15). The van der Waals surface area contributed by atoms with Crippen LogP contribution in [0.1, 0.15) is 26.2 Å². The number of likely N-dealkylation sites (tertiary alicyclic amines) is 1. The lowest BCUT2D eigenvalue weighted by Crippen LogP contribution is -2.45. The molecule has 0 saturated carbocycles. The molecule has 88 valence electrons. The lowest BCUT2D eigenvalue weighted by molar-refractivity contribution is -0.119. The number of hydrogen-bond donors (Lipinski definition) is 2. The fourth-order valence-corrected chi connectivity index (χ4v) is 2.00. The minimum atomic E-state index is 0.0750. The summed E-state index contributed by atoms with van der Waals surface area (Å²) in [5.41, 5.74) is 0. The van der Waals surface area contributed by atoms with Crippen LogP contribution in [0.5, 0.6) is 0 Å². The van der Waals surface area contributed by atoms with Crippen LogP contribution >= 0.6 is 0 Å². The highest BCUT2D eigenvalue weighted by Crippen LogP contribution is 2.09. The molecule has 1 amide bonds. The minimum absolute atomic E-state index is 0.0750. The van der Waals surface area contributed by atoms with Crippen molar-refractivity contribution in [2.45, 2.75) is 32.2 Å². The highest BCUT2D eigenvalue weighted by Gasteiger charge is 2.18. The molecule has 0 atom stereocenters. The SMILES string of the molecule is CCCN1CCC(NCC(=O)NC)CC1. The van der Waals surface area contributed by atoms with Crippen LogP contribution in [-0.4, -0.2) is 50.1 Å². The fraction of sp³-hybridized carbons (Fsp3) is 0.909. The van der Waals surface area contributed by atoms with E-state index in [1.165, 1.54) is 26.1 Å². The van der Waals surface area contributed by atoms with E-state index in [-0.39, 0.29) is 5.91 Å². The predicted molar refractivity (Wildman–Crippen MR) is 61.8 cm³/mol. The number of amides is 1. The average Bonchev–Trinajstić information content (AvgIpc) is 2.28. The maximum atomic E-state index is 11.0. The summed E-state index contributed by atoms with van der Waals surface area (Å²) in [6.45, 7) is 6.21. The summed E-state index contributed by atoms with van der Waals surface area (Å²) >= 11 is 0. The second-order valence-electron chi connectivity index (χ2n) is 4.17. The van der Waals surface area contributed by atoms with Gasteiger partial charge in [-0.25, -0.2) is 0 Å². The molecule has 4 heteroatoms. The van der Waals surface area contributed by atoms with Crippen LogP contribution in [0.25, 0.3) is 0 Å². The van der Waals surface area contributed by atoms with Crippen LogP contribution in [-0.2, 0) is 4.79 Å². The van der Waals surface area contributed by atoms with Crippen molar-refractivity contribution in [3.05, 3.63) is 0 Å². The first-order chi connectivity index (χ1) is 7.26. The molecule has 4 nitrogen and oxygen atoms in total. The number of rotatable bonds is 5. The van der Waals surface area contributed by atoms with Crippen molar-refractivity contribution in [3.63, 3.8) is 0 Å². The first-order valence-electron chi connectivity index (χ1n) is 5.92. The van der Waals surface area contributed by atoms with Gasteiger partial charge >= 0.3 is 0 Å². The molecule has 0 unspecified atom stereocenters. The summed E-state index contributed by atoms with van der Waals surface area (Å²) in [4.78, 5) is 13.5. The van der Waals surface area contributed by atoms with Crippen molar-refractivity contribution >= 4 is 5.91 Å². The Hall–Kier alpha value is -0.610. The molecule has 0 bridgehead atoms. The van der Waals surface area contributed by atoms with E-state index in [4.69, 9.17) is 0 Å². The summed E-state index contributed by atoms with van der Waals surface area (Å²) in [5, 5.41) is 5.92. The Kier molecular flexibility index (Phi) is 5.65. The smallest absolute Gasteiger partial charge is 0.233 e. The molecule has 1 rings (SSSR count). The monoisotopic (exact) mass is 213 g/mol. The van der Waals surface area contributed by atoms with Gasteiger partial charge in [0, 0.05) is 13.1 Å². The van der Waals surface area contributed by atoms with Crippen molar-refractivity contribution in [3.8, 4) is 0 Å². The molecule has 0 spiro atoms. The Bertz CT molecular complexity index is 188. The number of likely N-dealkylation sites (N-methyl/N-ethyl adjacent to an activating group) is 1. The highest BCUT2D eigenvalue weighted by atomic mass is 16.1. The molecule has 1 aliphatic heterocycles. The third-order valence-electron chi connectivity index (χ3n) is 2.96. The predicted octanol–water partition coefficient (Wildman–Crippen LogP) is 0.196. The van der Waals surface area contributed by atoms with E-state index in [2.05, 4.69) is 22.5 Å². The summed E-state index contributed by atoms with van der Waals surface area (Å²) in [6, 6.07) is 0.524. The maximum Gasteiger partial charge on any atom is 0.233 e.